The summed E-state index contributed by atoms with van der Waals surface area (Å²) >= 11 is 6.17. The molecule has 2 aromatic carbocycles. The standard InChI is InChI=1S/C19H24ClN/c1-4-6-15-7-5-8-16(11-15)19-10-9-18(20)12-17(19)13-21-14(2)3/h5,7-12,14,21H,4,6,13H2,1-3H3. The van der Waals surface area contributed by atoms with Crippen LogP contribution in [0.1, 0.15) is 38.3 Å². The molecule has 2 rings (SSSR count). The summed E-state index contributed by atoms with van der Waals surface area (Å²) in [5.74, 6) is 0. The van der Waals surface area contributed by atoms with Crippen LogP contribution in [0, 0.1) is 0 Å². The van der Waals surface area contributed by atoms with Crippen LogP contribution in [0.5, 0.6) is 0 Å². The minimum absolute atomic E-state index is 0.461. The molecular formula is C19H24ClN. The highest BCUT2D eigenvalue weighted by atomic mass is 35.5. The zero-order valence-corrected chi connectivity index (χ0v) is 13.9. The van der Waals surface area contributed by atoms with E-state index in [0.29, 0.717) is 6.04 Å². The lowest BCUT2D eigenvalue weighted by Gasteiger charge is -2.14. The molecule has 0 aromatic heterocycles. The van der Waals surface area contributed by atoms with Crippen molar-refractivity contribution in [1.82, 2.24) is 5.32 Å². The third-order valence-corrected chi connectivity index (χ3v) is 3.78. The van der Waals surface area contributed by atoms with Crippen molar-refractivity contribution in [3.63, 3.8) is 0 Å². The van der Waals surface area contributed by atoms with E-state index in [2.05, 4.69) is 62.5 Å². The first-order valence-electron chi connectivity index (χ1n) is 7.71. The fraction of sp³-hybridized carbons (Fsp3) is 0.368. The van der Waals surface area contributed by atoms with E-state index in [0.717, 1.165) is 18.0 Å². The lowest BCUT2D eigenvalue weighted by molar-refractivity contribution is 0.589. The SMILES string of the molecule is CCCc1cccc(-c2ccc(Cl)cc2CNC(C)C)c1. The fourth-order valence-electron chi connectivity index (χ4n) is 2.49. The van der Waals surface area contributed by atoms with Gasteiger partial charge in [-0.05, 0) is 40.8 Å². The Hall–Kier alpha value is -1.31. The van der Waals surface area contributed by atoms with Crippen LogP contribution < -0.4 is 5.32 Å². The molecule has 0 amide bonds. The van der Waals surface area contributed by atoms with Gasteiger partial charge in [0.1, 0.15) is 0 Å². The maximum Gasteiger partial charge on any atom is 0.0409 e. The van der Waals surface area contributed by atoms with E-state index in [1.807, 2.05) is 6.07 Å². The van der Waals surface area contributed by atoms with Crippen molar-refractivity contribution in [2.75, 3.05) is 0 Å². The predicted octanol–water partition coefficient (Wildman–Crippen LogP) is 5.46. The van der Waals surface area contributed by atoms with Gasteiger partial charge >= 0.3 is 0 Å². The molecule has 0 saturated carbocycles. The summed E-state index contributed by atoms with van der Waals surface area (Å²) in [5.41, 5.74) is 5.20. The maximum atomic E-state index is 6.17. The molecule has 0 aliphatic rings. The van der Waals surface area contributed by atoms with Gasteiger partial charge in [-0.1, -0.05) is 69.1 Å². The third-order valence-electron chi connectivity index (χ3n) is 3.54. The van der Waals surface area contributed by atoms with Crippen LogP contribution in [0.15, 0.2) is 42.5 Å². The molecule has 1 N–H and O–H groups in total. The third kappa shape index (κ3) is 4.59. The van der Waals surface area contributed by atoms with Gasteiger partial charge in [-0.3, -0.25) is 0 Å². The first-order valence-corrected chi connectivity index (χ1v) is 8.09. The second-order valence-electron chi connectivity index (χ2n) is 5.79. The Morgan fingerprint density at radius 2 is 1.90 bits per heavy atom. The van der Waals surface area contributed by atoms with Crippen LogP contribution in [0.25, 0.3) is 11.1 Å². The van der Waals surface area contributed by atoms with Gasteiger partial charge in [0.2, 0.25) is 0 Å². The Labute approximate surface area is 133 Å². The van der Waals surface area contributed by atoms with Crippen LogP contribution in [0.2, 0.25) is 5.02 Å². The van der Waals surface area contributed by atoms with Crippen LogP contribution in [0.3, 0.4) is 0 Å². The minimum atomic E-state index is 0.461. The van der Waals surface area contributed by atoms with Crippen molar-refractivity contribution in [2.24, 2.45) is 0 Å². The van der Waals surface area contributed by atoms with Gasteiger partial charge in [0.15, 0.2) is 0 Å². The topological polar surface area (TPSA) is 12.0 Å². The van der Waals surface area contributed by atoms with Gasteiger partial charge in [-0.2, -0.15) is 0 Å². The van der Waals surface area contributed by atoms with Gasteiger partial charge in [0.25, 0.3) is 0 Å². The average Bonchev–Trinajstić information content (AvgIpc) is 2.46. The Morgan fingerprint density at radius 1 is 1.10 bits per heavy atom. The second-order valence-corrected chi connectivity index (χ2v) is 6.22. The normalized spacial score (nSPS) is 11.1. The Balaban J connectivity index is 2.35. The molecule has 0 radical (unpaired) electrons. The molecule has 21 heavy (non-hydrogen) atoms. The van der Waals surface area contributed by atoms with E-state index in [9.17, 15) is 0 Å². The molecule has 0 unspecified atom stereocenters. The average molecular weight is 302 g/mol. The summed E-state index contributed by atoms with van der Waals surface area (Å²) in [6, 6.07) is 15.5. The summed E-state index contributed by atoms with van der Waals surface area (Å²) in [6.45, 7) is 7.37. The summed E-state index contributed by atoms with van der Waals surface area (Å²) in [4.78, 5) is 0. The first kappa shape index (κ1) is 16.1. The zero-order valence-electron chi connectivity index (χ0n) is 13.1. The smallest absolute Gasteiger partial charge is 0.0409 e. The van der Waals surface area contributed by atoms with Crippen molar-refractivity contribution < 1.29 is 0 Å². The zero-order chi connectivity index (χ0) is 15.2. The number of benzene rings is 2. The van der Waals surface area contributed by atoms with E-state index >= 15 is 0 Å². The quantitative estimate of drug-likeness (QED) is 0.747. The molecule has 0 aliphatic heterocycles. The van der Waals surface area contributed by atoms with Crippen molar-refractivity contribution in [3.8, 4) is 11.1 Å². The first-order chi connectivity index (χ1) is 10.1. The molecule has 1 nitrogen and oxygen atoms in total. The molecule has 0 spiro atoms. The lowest BCUT2D eigenvalue weighted by Crippen LogP contribution is -2.22. The van der Waals surface area contributed by atoms with Crippen molar-refractivity contribution in [3.05, 3.63) is 58.6 Å². The monoisotopic (exact) mass is 301 g/mol. The van der Waals surface area contributed by atoms with Crippen LogP contribution in [0.4, 0.5) is 0 Å². The molecule has 0 heterocycles. The van der Waals surface area contributed by atoms with E-state index in [1.54, 1.807) is 0 Å². The van der Waals surface area contributed by atoms with Gasteiger partial charge < -0.3 is 5.32 Å². The molecule has 2 aromatic rings. The summed E-state index contributed by atoms with van der Waals surface area (Å²) in [7, 11) is 0. The molecule has 0 bridgehead atoms. The summed E-state index contributed by atoms with van der Waals surface area (Å²) < 4.78 is 0. The Bertz CT molecular complexity index is 590. The van der Waals surface area contributed by atoms with E-state index in [1.165, 1.54) is 28.7 Å². The number of hydrogen-bond donors (Lipinski definition) is 1. The van der Waals surface area contributed by atoms with E-state index in [4.69, 9.17) is 11.6 Å². The maximum absolute atomic E-state index is 6.17. The minimum Gasteiger partial charge on any atom is -0.310 e. The summed E-state index contributed by atoms with van der Waals surface area (Å²) in [5, 5.41) is 4.28. The van der Waals surface area contributed by atoms with Gasteiger partial charge in [0.05, 0.1) is 0 Å². The van der Waals surface area contributed by atoms with Crippen LogP contribution >= 0.6 is 11.6 Å². The highest BCUT2D eigenvalue weighted by molar-refractivity contribution is 6.30. The molecule has 2 heteroatoms. The number of hydrogen-bond acceptors (Lipinski definition) is 1. The van der Waals surface area contributed by atoms with Crippen molar-refractivity contribution in [1.29, 1.82) is 0 Å². The van der Waals surface area contributed by atoms with Crippen molar-refractivity contribution >= 4 is 11.6 Å². The summed E-state index contributed by atoms with van der Waals surface area (Å²) in [6.07, 6.45) is 2.30. The lowest BCUT2D eigenvalue weighted by atomic mass is 9.97. The van der Waals surface area contributed by atoms with E-state index in [-0.39, 0.29) is 0 Å². The molecule has 0 atom stereocenters. The van der Waals surface area contributed by atoms with Crippen LogP contribution in [-0.2, 0) is 13.0 Å². The van der Waals surface area contributed by atoms with Crippen LogP contribution in [-0.4, -0.2) is 6.04 Å². The molecular weight excluding hydrogens is 278 g/mol. The molecule has 0 aliphatic carbocycles. The largest absolute Gasteiger partial charge is 0.310 e. The fourth-order valence-corrected chi connectivity index (χ4v) is 2.68. The highest BCUT2D eigenvalue weighted by Gasteiger charge is 2.07. The van der Waals surface area contributed by atoms with Gasteiger partial charge in [-0.25, -0.2) is 0 Å². The molecule has 0 fully saturated rings. The second kappa shape index (κ2) is 7.63. The Kier molecular flexibility index (Phi) is 5.84. The van der Waals surface area contributed by atoms with Gasteiger partial charge in [-0.15, -0.1) is 0 Å². The van der Waals surface area contributed by atoms with Gasteiger partial charge in [0, 0.05) is 17.6 Å². The molecule has 0 saturated heterocycles. The number of rotatable bonds is 6. The van der Waals surface area contributed by atoms with Crippen molar-refractivity contribution in [2.45, 2.75) is 46.2 Å². The van der Waals surface area contributed by atoms with E-state index < -0.39 is 0 Å². The molecule has 112 valence electrons. The Morgan fingerprint density at radius 3 is 2.62 bits per heavy atom. The number of aryl methyl sites for hydroxylation is 1. The number of halogens is 1. The highest BCUT2D eigenvalue weighted by Crippen LogP contribution is 2.27. The predicted molar refractivity (Wildman–Crippen MR) is 92.9 cm³/mol. The number of nitrogens with one attached hydrogen (secondary N) is 1.